The number of fused-ring (bicyclic) bond motifs is 10. The van der Waals surface area contributed by atoms with Crippen molar-refractivity contribution in [3.05, 3.63) is 175 Å². The molecule has 0 saturated heterocycles. The molecule has 250 valence electrons. The fourth-order valence-electron chi connectivity index (χ4n) is 8.22. The fourth-order valence-corrected chi connectivity index (χ4v) is 8.22. The highest BCUT2D eigenvalue weighted by Crippen LogP contribution is 2.49. The third kappa shape index (κ3) is 4.28. The van der Waals surface area contributed by atoms with E-state index in [2.05, 4.69) is 32.0 Å². The molecule has 0 N–H and O–H groups in total. The van der Waals surface area contributed by atoms with Crippen LogP contribution in [-0.4, -0.2) is 24.1 Å². The second-order valence-electron chi connectivity index (χ2n) is 13.8. The summed E-state index contributed by atoms with van der Waals surface area (Å²) >= 11 is 0. The first-order chi connectivity index (χ1) is 30.2. The molecular formula is C48H33N5. The molecule has 0 unspecified atom stereocenters. The Hall–Kier alpha value is -6.85. The van der Waals surface area contributed by atoms with Crippen molar-refractivity contribution in [1.29, 1.82) is 0 Å². The number of hydrogen-bond acceptors (Lipinski definition) is 3. The first-order valence-electron chi connectivity index (χ1n) is 22.3. The molecule has 3 aromatic heterocycles. The van der Waals surface area contributed by atoms with Crippen molar-refractivity contribution in [3.8, 4) is 45.5 Å². The van der Waals surface area contributed by atoms with E-state index in [9.17, 15) is 0 Å². The monoisotopic (exact) mass is 689 g/mol. The first-order valence-corrected chi connectivity index (χ1v) is 17.3. The molecule has 0 spiro atoms. The Bertz CT molecular complexity index is 3630. The molecule has 5 nitrogen and oxygen atoms in total. The number of para-hydroxylation sites is 3. The van der Waals surface area contributed by atoms with Crippen molar-refractivity contribution in [2.24, 2.45) is 0 Å². The molecule has 1 aliphatic carbocycles. The second-order valence-corrected chi connectivity index (χ2v) is 13.8. The van der Waals surface area contributed by atoms with Crippen LogP contribution in [0.3, 0.4) is 0 Å². The molecule has 1 aliphatic rings. The van der Waals surface area contributed by atoms with Gasteiger partial charge in [-0.25, -0.2) is 4.98 Å². The third-order valence-electron chi connectivity index (χ3n) is 10.6. The quantitative estimate of drug-likeness (QED) is 0.185. The van der Waals surface area contributed by atoms with E-state index in [0.29, 0.717) is 27.6 Å². The molecule has 0 atom stereocenters. The Balaban J connectivity index is 1.31. The standard InChI is InChI=1S/C48H33N5/c1-48(2)39-22-12-9-19-33(39)38-29-31(25-28-40(38)48)46-49-45(30-15-5-3-6-16-30)50-47(51-46)53-42-24-14-11-21-35(42)37-27-26-36-34-20-10-13-23-41(34)52(43(36)44(37)53)32-17-7-4-8-18-32/h3-29H,1-2H3/i3D,4D,5D,6D,7D,8D,15D,16D,17D,18D. The average molecular weight is 690 g/mol. The Morgan fingerprint density at radius 2 is 1.06 bits per heavy atom. The van der Waals surface area contributed by atoms with Crippen LogP contribution in [-0.2, 0) is 5.41 Å². The minimum atomic E-state index is -0.548. The van der Waals surface area contributed by atoms with Gasteiger partial charge in [0.05, 0.1) is 35.8 Å². The van der Waals surface area contributed by atoms with Gasteiger partial charge in [-0.1, -0.05) is 147 Å². The van der Waals surface area contributed by atoms with Crippen molar-refractivity contribution in [3.63, 3.8) is 0 Å². The summed E-state index contributed by atoms with van der Waals surface area (Å²) in [6.45, 7) is 4.36. The van der Waals surface area contributed by atoms with Gasteiger partial charge < -0.3 is 4.57 Å². The Morgan fingerprint density at radius 3 is 1.77 bits per heavy atom. The summed E-state index contributed by atoms with van der Waals surface area (Å²) in [5.41, 5.74) is 6.81. The average Bonchev–Trinajstić information content (AvgIpc) is 3.89. The van der Waals surface area contributed by atoms with E-state index in [0.717, 1.165) is 38.2 Å². The van der Waals surface area contributed by atoms with E-state index in [1.807, 2.05) is 89.5 Å². The van der Waals surface area contributed by atoms with Gasteiger partial charge in [0.15, 0.2) is 11.6 Å². The van der Waals surface area contributed by atoms with E-state index in [1.165, 1.54) is 5.56 Å². The van der Waals surface area contributed by atoms with E-state index in [-0.39, 0.29) is 46.3 Å². The van der Waals surface area contributed by atoms with Crippen molar-refractivity contribution in [2.45, 2.75) is 19.3 Å². The lowest BCUT2D eigenvalue weighted by Gasteiger charge is -2.21. The van der Waals surface area contributed by atoms with Gasteiger partial charge in [-0.2, -0.15) is 9.97 Å². The summed E-state index contributed by atoms with van der Waals surface area (Å²) in [7, 11) is 0. The van der Waals surface area contributed by atoms with E-state index < -0.39 is 48.3 Å². The molecule has 5 heteroatoms. The zero-order valence-corrected chi connectivity index (χ0v) is 28.6. The highest BCUT2D eigenvalue weighted by Gasteiger charge is 2.35. The lowest BCUT2D eigenvalue weighted by molar-refractivity contribution is 0.660. The van der Waals surface area contributed by atoms with E-state index >= 15 is 0 Å². The van der Waals surface area contributed by atoms with Crippen molar-refractivity contribution >= 4 is 43.6 Å². The summed E-state index contributed by atoms with van der Waals surface area (Å²) in [5.74, 6) is 0.119. The topological polar surface area (TPSA) is 48.5 Å². The molecule has 0 radical (unpaired) electrons. The molecule has 53 heavy (non-hydrogen) atoms. The van der Waals surface area contributed by atoms with Gasteiger partial charge in [-0.05, 0) is 52.5 Å². The van der Waals surface area contributed by atoms with Crippen LogP contribution in [0.1, 0.15) is 38.7 Å². The smallest absolute Gasteiger partial charge is 0.238 e. The van der Waals surface area contributed by atoms with Crippen LogP contribution in [0.2, 0.25) is 0 Å². The zero-order valence-electron chi connectivity index (χ0n) is 38.6. The Labute approximate surface area is 320 Å². The third-order valence-corrected chi connectivity index (χ3v) is 10.6. The molecule has 3 heterocycles. The minimum absolute atomic E-state index is 0.0333. The van der Waals surface area contributed by atoms with Crippen LogP contribution in [0.25, 0.3) is 89.2 Å². The summed E-state index contributed by atoms with van der Waals surface area (Å²) in [5, 5.41) is 3.05. The highest BCUT2D eigenvalue weighted by molar-refractivity contribution is 6.23. The normalized spacial score (nSPS) is 15.9. The predicted molar refractivity (Wildman–Crippen MR) is 217 cm³/mol. The van der Waals surface area contributed by atoms with Crippen LogP contribution in [0, 0.1) is 0 Å². The van der Waals surface area contributed by atoms with Crippen molar-refractivity contribution in [2.75, 3.05) is 0 Å². The zero-order chi connectivity index (χ0) is 44.0. The molecule has 11 rings (SSSR count). The minimum Gasteiger partial charge on any atom is -0.307 e. The molecule has 0 amide bonds. The fraction of sp³-hybridized carbons (Fsp3) is 0.0625. The van der Waals surface area contributed by atoms with Crippen LogP contribution in [0.4, 0.5) is 0 Å². The maximum Gasteiger partial charge on any atom is 0.238 e. The lowest BCUT2D eigenvalue weighted by Crippen LogP contribution is -2.14. The second kappa shape index (κ2) is 11.1. The van der Waals surface area contributed by atoms with Crippen LogP contribution < -0.4 is 0 Å². The van der Waals surface area contributed by atoms with Crippen LogP contribution >= 0.6 is 0 Å². The summed E-state index contributed by atoms with van der Waals surface area (Å²) in [6.07, 6.45) is 0. The molecule has 7 aromatic carbocycles. The SMILES string of the molecule is [2H]c1c([2H])c([2H])c(-c2nc(-c3ccc4c(c3)-c3ccccc3C4(C)C)nc(-n3c4ccccc4c4ccc5c6ccccc6n(-c6c([2H])c([2H])c([2H])c([2H])c6[2H])c5c43)n2)c([2H])c1[2H]. The predicted octanol–water partition coefficient (Wildman–Crippen LogP) is 11.7. The van der Waals surface area contributed by atoms with Gasteiger partial charge in [-0.15, -0.1) is 0 Å². The van der Waals surface area contributed by atoms with E-state index in [4.69, 9.17) is 28.7 Å². The number of aromatic nitrogens is 5. The van der Waals surface area contributed by atoms with Crippen LogP contribution in [0.5, 0.6) is 0 Å². The number of nitrogens with zero attached hydrogens (tertiary/aromatic N) is 5. The Kier molecular flexibility index (Phi) is 4.49. The van der Waals surface area contributed by atoms with Gasteiger partial charge in [0.1, 0.15) is 0 Å². The lowest BCUT2D eigenvalue weighted by atomic mass is 9.82. The molecule has 0 aliphatic heterocycles. The Morgan fingerprint density at radius 1 is 0.491 bits per heavy atom. The molecule has 0 saturated carbocycles. The molecule has 0 bridgehead atoms. The van der Waals surface area contributed by atoms with Gasteiger partial charge in [-0.3, -0.25) is 4.57 Å². The van der Waals surface area contributed by atoms with Crippen molar-refractivity contribution in [1.82, 2.24) is 24.1 Å². The molecular weight excluding hydrogens is 647 g/mol. The maximum atomic E-state index is 9.14. The summed E-state index contributed by atoms with van der Waals surface area (Å²) in [4.78, 5) is 15.0. The molecule has 0 fully saturated rings. The molecule has 10 aromatic rings. The number of rotatable bonds is 4. The van der Waals surface area contributed by atoms with Gasteiger partial charge in [0.2, 0.25) is 5.95 Å². The van der Waals surface area contributed by atoms with Gasteiger partial charge >= 0.3 is 0 Å². The summed E-state index contributed by atoms with van der Waals surface area (Å²) in [6, 6.07) is 28.5. The van der Waals surface area contributed by atoms with Gasteiger partial charge in [0.25, 0.3) is 0 Å². The largest absolute Gasteiger partial charge is 0.307 e. The number of benzene rings is 7. The maximum absolute atomic E-state index is 9.14. The van der Waals surface area contributed by atoms with Crippen molar-refractivity contribution < 1.29 is 13.7 Å². The number of hydrogen-bond donors (Lipinski definition) is 0. The van der Waals surface area contributed by atoms with Crippen LogP contribution in [0.15, 0.2) is 164 Å². The first kappa shape index (κ1) is 21.5. The highest BCUT2D eigenvalue weighted by atomic mass is 15.2. The van der Waals surface area contributed by atoms with Gasteiger partial charge in [0, 0.05) is 43.8 Å². The van der Waals surface area contributed by atoms with E-state index in [1.54, 1.807) is 4.57 Å². The summed E-state index contributed by atoms with van der Waals surface area (Å²) < 4.78 is 91.0.